The zero-order valence-corrected chi connectivity index (χ0v) is 19.7. The van der Waals surface area contributed by atoms with Gasteiger partial charge in [0, 0.05) is 13.7 Å². The first-order valence-electron chi connectivity index (χ1n) is 10.5. The average molecular weight is 429 g/mol. The van der Waals surface area contributed by atoms with Crippen LogP contribution in [0.15, 0.2) is 73.3 Å². The standard InChI is InChI=1S/C25H36O4Si/c1-6-24(28-20-27-5)23(26)18-13-19-29-30(25(2,3)4,21-14-9-7-10-15-21)22-16-11-8-12-17-22/h6-12,14-17,23-24,26H,1,13,18-20H2,2-5H3/t23-,24-/m0/s1. The minimum atomic E-state index is -2.53. The Balaban J connectivity index is 2.20. The normalized spacial score (nSPS) is 14.3. The van der Waals surface area contributed by atoms with Gasteiger partial charge in [0.1, 0.15) is 12.9 Å². The van der Waals surface area contributed by atoms with Gasteiger partial charge >= 0.3 is 0 Å². The maximum absolute atomic E-state index is 10.5. The van der Waals surface area contributed by atoms with Crippen molar-refractivity contribution in [2.75, 3.05) is 20.5 Å². The van der Waals surface area contributed by atoms with E-state index in [2.05, 4.69) is 75.9 Å². The topological polar surface area (TPSA) is 47.9 Å². The van der Waals surface area contributed by atoms with Crippen LogP contribution in [-0.2, 0) is 13.9 Å². The molecule has 5 heteroatoms. The van der Waals surface area contributed by atoms with Crippen LogP contribution in [0.4, 0.5) is 0 Å². The van der Waals surface area contributed by atoms with Crippen LogP contribution in [0.1, 0.15) is 33.6 Å². The van der Waals surface area contributed by atoms with E-state index in [1.165, 1.54) is 10.4 Å². The summed E-state index contributed by atoms with van der Waals surface area (Å²) >= 11 is 0. The van der Waals surface area contributed by atoms with E-state index in [1.54, 1.807) is 13.2 Å². The quantitative estimate of drug-likeness (QED) is 0.241. The second-order valence-corrected chi connectivity index (χ2v) is 12.8. The summed E-state index contributed by atoms with van der Waals surface area (Å²) in [7, 11) is -0.971. The van der Waals surface area contributed by atoms with Crippen molar-refractivity contribution in [1.29, 1.82) is 0 Å². The van der Waals surface area contributed by atoms with E-state index in [4.69, 9.17) is 13.9 Å². The first-order valence-corrected chi connectivity index (χ1v) is 12.4. The lowest BCUT2D eigenvalue weighted by atomic mass is 10.1. The molecule has 0 aromatic heterocycles. The van der Waals surface area contributed by atoms with Gasteiger partial charge in [0.25, 0.3) is 8.32 Å². The molecule has 164 valence electrons. The van der Waals surface area contributed by atoms with E-state index in [0.717, 1.165) is 6.42 Å². The van der Waals surface area contributed by atoms with Gasteiger partial charge in [-0.05, 0) is 28.3 Å². The van der Waals surface area contributed by atoms with E-state index >= 15 is 0 Å². The molecule has 30 heavy (non-hydrogen) atoms. The second kappa shape index (κ2) is 11.6. The highest BCUT2D eigenvalue weighted by molar-refractivity contribution is 6.99. The third-order valence-corrected chi connectivity index (χ3v) is 10.4. The van der Waals surface area contributed by atoms with E-state index < -0.39 is 20.5 Å². The van der Waals surface area contributed by atoms with Crippen LogP contribution < -0.4 is 10.4 Å². The SMILES string of the molecule is C=C[C@H](OCOC)[C@@H](O)CCCO[Si](c1ccccc1)(c1ccccc1)C(C)(C)C. The fourth-order valence-electron chi connectivity index (χ4n) is 3.93. The molecule has 2 aromatic rings. The number of benzene rings is 2. The van der Waals surface area contributed by atoms with Crippen molar-refractivity contribution in [1.82, 2.24) is 0 Å². The van der Waals surface area contributed by atoms with Crippen LogP contribution in [0.3, 0.4) is 0 Å². The molecule has 4 nitrogen and oxygen atoms in total. The maximum Gasteiger partial charge on any atom is 0.261 e. The number of methoxy groups -OCH3 is 1. The number of hydrogen-bond acceptors (Lipinski definition) is 4. The summed E-state index contributed by atoms with van der Waals surface area (Å²) in [5.41, 5.74) is 0. The molecule has 1 N–H and O–H groups in total. The van der Waals surface area contributed by atoms with Crippen LogP contribution >= 0.6 is 0 Å². The van der Waals surface area contributed by atoms with Gasteiger partial charge in [-0.25, -0.2) is 0 Å². The van der Waals surface area contributed by atoms with Gasteiger partial charge in [-0.1, -0.05) is 87.5 Å². The van der Waals surface area contributed by atoms with E-state index in [-0.39, 0.29) is 11.8 Å². The molecule has 2 atom stereocenters. The zero-order valence-electron chi connectivity index (χ0n) is 18.7. The first kappa shape index (κ1) is 24.5. The highest BCUT2D eigenvalue weighted by Crippen LogP contribution is 2.36. The maximum atomic E-state index is 10.5. The first-order chi connectivity index (χ1) is 14.4. The molecule has 0 aliphatic heterocycles. The molecule has 2 rings (SSSR count). The van der Waals surface area contributed by atoms with Crippen molar-refractivity contribution in [2.24, 2.45) is 0 Å². The average Bonchev–Trinajstić information content (AvgIpc) is 2.74. The van der Waals surface area contributed by atoms with E-state index in [0.29, 0.717) is 13.0 Å². The van der Waals surface area contributed by atoms with Gasteiger partial charge in [0.05, 0.1) is 6.10 Å². The summed E-state index contributed by atoms with van der Waals surface area (Å²) in [6.07, 6.45) is 1.83. The Morgan fingerprint density at radius 2 is 1.53 bits per heavy atom. The van der Waals surface area contributed by atoms with Crippen LogP contribution in [-0.4, -0.2) is 46.1 Å². The Labute approximate surface area is 182 Å². The third kappa shape index (κ3) is 5.90. The summed E-state index contributed by atoms with van der Waals surface area (Å²) in [5.74, 6) is 0. The molecule has 0 fully saturated rings. The highest BCUT2D eigenvalue weighted by atomic mass is 28.4. The third-order valence-electron chi connectivity index (χ3n) is 5.37. The van der Waals surface area contributed by atoms with Crippen molar-refractivity contribution < 1.29 is 19.0 Å². The number of ether oxygens (including phenoxy) is 2. The minimum absolute atomic E-state index is 0.0560. The summed E-state index contributed by atoms with van der Waals surface area (Å²) in [6, 6.07) is 21.2. The van der Waals surface area contributed by atoms with E-state index in [1.807, 2.05) is 12.1 Å². The molecule has 0 radical (unpaired) electrons. The Hall–Kier alpha value is -1.76. The smallest absolute Gasteiger partial charge is 0.261 e. The molecular weight excluding hydrogens is 392 g/mol. The largest absolute Gasteiger partial charge is 0.407 e. The Kier molecular flexibility index (Phi) is 9.46. The van der Waals surface area contributed by atoms with Crippen LogP contribution in [0.5, 0.6) is 0 Å². The summed E-state index contributed by atoms with van der Waals surface area (Å²) in [6.45, 7) is 11.2. The van der Waals surface area contributed by atoms with Gasteiger partial charge in [-0.3, -0.25) is 0 Å². The minimum Gasteiger partial charge on any atom is -0.407 e. The molecule has 0 saturated carbocycles. The van der Waals surface area contributed by atoms with Gasteiger partial charge in [0.15, 0.2) is 0 Å². The number of aliphatic hydroxyl groups is 1. The predicted octanol–water partition coefficient (Wildman–Crippen LogP) is 3.88. The summed E-state index contributed by atoms with van der Waals surface area (Å²) < 4.78 is 17.2. The van der Waals surface area contributed by atoms with Crippen molar-refractivity contribution in [3.63, 3.8) is 0 Å². The molecule has 0 heterocycles. The van der Waals surface area contributed by atoms with E-state index in [9.17, 15) is 5.11 Å². The second-order valence-electron chi connectivity index (χ2n) is 8.49. The van der Waals surface area contributed by atoms with Gasteiger partial charge < -0.3 is 19.0 Å². The van der Waals surface area contributed by atoms with Crippen LogP contribution in [0.2, 0.25) is 5.04 Å². The fourth-order valence-corrected chi connectivity index (χ4v) is 8.53. The van der Waals surface area contributed by atoms with Gasteiger partial charge in [0.2, 0.25) is 0 Å². The summed E-state index contributed by atoms with van der Waals surface area (Å²) in [4.78, 5) is 0. The van der Waals surface area contributed by atoms with Crippen LogP contribution in [0, 0.1) is 0 Å². The van der Waals surface area contributed by atoms with Crippen molar-refractivity contribution in [2.45, 2.75) is 50.9 Å². The van der Waals surface area contributed by atoms with Crippen LogP contribution in [0.25, 0.3) is 0 Å². The molecule has 0 amide bonds. The molecule has 0 unspecified atom stereocenters. The van der Waals surface area contributed by atoms with Gasteiger partial charge in [-0.2, -0.15) is 0 Å². The molecular formula is C25H36O4Si. The highest BCUT2D eigenvalue weighted by Gasteiger charge is 2.49. The Morgan fingerprint density at radius 1 is 1.00 bits per heavy atom. The Bertz CT molecular complexity index is 703. The molecule has 0 spiro atoms. The number of aliphatic hydroxyl groups excluding tert-OH is 1. The number of hydrogen-bond donors (Lipinski definition) is 1. The molecule has 0 aliphatic rings. The fraction of sp³-hybridized carbons (Fsp3) is 0.440. The lowest BCUT2D eigenvalue weighted by Crippen LogP contribution is -2.66. The monoisotopic (exact) mass is 428 g/mol. The van der Waals surface area contributed by atoms with Crippen molar-refractivity contribution in [3.8, 4) is 0 Å². The lowest BCUT2D eigenvalue weighted by Gasteiger charge is -2.43. The van der Waals surface area contributed by atoms with Gasteiger partial charge in [-0.15, -0.1) is 6.58 Å². The molecule has 0 bridgehead atoms. The van der Waals surface area contributed by atoms with Crippen molar-refractivity contribution in [3.05, 3.63) is 73.3 Å². The lowest BCUT2D eigenvalue weighted by molar-refractivity contribution is -0.0948. The number of rotatable bonds is 12. The zero-order chi connectivity index (χ0) is 22.0. The molecule has 0 saturated heterocycles. The Morgan fingerprint density at radius 3 is 1.97 bits per heavy atom. The molecule has 2 aromatic carbocycles. The molecule has 0 aliphatic carbocycles. The summed E-state index contributed by atoms with van der Waals surface area (Å²) in [5, 5.41) is 12.9. The van der Waals surface area contributed by atoms with Crippen molar-refractivity contribution >= 4 is 18.7 Å². The predicted molar refractivity (Wildman–Crippen MR) is 126 cm³/mol.